The molecule has 1 aliphatic rings. The minimum Gasteiger partial charge on any atom is -0.478 e. The average molecular weight is 597 g/mol. The van der Waals surface area contributed by atoms with Crippen molar-refractivity contribution in [3.63, 3.8) is 0 Å². The highest BCUT2D eigenvalue weighted by atomic mass is 35.5. The van der Waals surface area contributed by atoms with Gasteiger partial charge >= 0.3 is 12.1 Å². The molecule has 220 valence electrons. The highest BCUT2D eigenvalue weighted by molar-refractivity contribution is 6.30. The Morgan fingerprint density at radius 3 is 2.24 bits per heavy atom. The SMILES string of the molecule is CC(C)C(C(=O)Nc1ccc(C(=O)O)cc1C(F)(F)F)(C1CCCCC1)n1c(-c2ccc(Cl)cc2)cc2ccccc21. The molecular formula is C33H32ClF3N2O3. The summed E-state index contributed by atoms with van der Waals surface area (Å²) in [5.74, 6) is -2.53. The van der Waals surface area contributed by atoms with E-state index in [0.29, 0.717) is 11.1 Å². The van der Waals surface area contributed by atoms with Gasteiger partial charge in [0, 0.05) is 15.9 Å². The number of amides is 1. The van der Waals surface area contributed by atoms with Gasteiger partial charge in [0.05, 0.1) is 22.5 Å². The molecule has 1 atom stereocenters. The van der Waals surface area contributed by atoms with Crippen LogP contribution in [0.15, 0.2) is 72.8 Å². The predicted octanol–water partition coefficient (Wildman–Crippen LogP) is 9.25. The van der Waals surface area contributed by atoms with Crippen LogP contribution in [-0.4, -0.2) is 21.6 Å². The van der Waals surface area contributed by atoms with Crippen molar-refractivity contribution in [2.45, 2.75) is 57.7 Å². The Labute approximate surface area is 247 Å². The Bertz CT molecular complexity index is 1620. The third-order valence-electron chi connectivity index (χ3n) is 8.51. The summed E-state index contributed by atoms with van der Waals surface area (Å²) < 4.78 is 44.6. The van der Waals surface area contributed by atoms with Crippen LogP contribution in [0, 0.1) is 11.8 Å². The molecule has 1 amide bonds. The molecule has 4 aromatic rings. The fraction of sp³-hybridized carbons (Fsp3) is 0.333. The number of aromatic carboxylic acids is 1. The van der Waals surface area contributed by atoms with Crippen LogP contribution in [0.1, 0.15) is 61.9 Å². The van der Waals surface area contributed by atoms with Crippen LogP contribution in [0.2, 0.25) is 5.02 Å². The maximum atomic E-state index is 14.8. The van der Waals surface area contributed by atoms with Crippen molar-refractivity contribution in [1.82, 2.24) is 4.57 Å². The van der Waals surface area contributed by atoms with E-state index in [1.54, 1.807) is 12.1 Å². The molecule has 1 heterocycles. The van der Waals surface area contributed by atoms with Crippen LogP contribution >= 0.6 is 11.6 Å². The Balaban J connectivity index is 1.77. The summed E-state index contributed by atoms with van der Waals surface area (Å²) in [7, 11) is 0. The number of anilines is 1. The van der Waals surface area contributed by atoms with E-state index in [0.717, 1.165) is 66.4 Å². The second kappa shape index (κ2) is 11.5. The van der Waals surface area contributed by atoms with Crippen molar-refractivity contribution < 1.29 is 27.9 Å². The van der Waals surface area contributed by atoms with E-state index in [-0.39, 0.29) is 11.8 Å². The van der Waals surface area contributed by atoms with Crippen molar-refractivity contribution in [2.75, 3.05) is 5.32 Å². The van der Waals surface area contributed by atoms with Gasteiger partial charge in [-0.15, -0.1) is 0 Å². The van der Waals surface area contributed by atoms with E-state index in [2.05, 4.69) is 5.32 Å². The van der Waals surface area contributed by atoms with Gasteiger partial charge < -0.3 is 15.0 Å². The number of hydrogen-bond donors (Lipinski definition) is 2. The molecule has 5 rings (SSSR count). The molecule has 1 saturated carbocycles. The number of carboxylic acid groups (broad SMARTS) is 1. The predicted molar refractivity (Wildman–Crippen MR) is 159 cm³/mol. The Hall–Kier alpha value is -3.78. The van der Waals surface area contributed by atoms with Crippen molar-refractivity contribution >= 4 is 40.1 Å². The number of alkyl halides is 3. The van der Waals surface area contributed by atoms with E-state index in [1.807, 2.05) is 60.9 Å². The first-order valence-electron chi connectivity index (χ1n) is 14.1. The van der Waals surface area contributed by atoms with E-state index in [1.165, 1.54) is 0 Å². The first kappa shape index (κ1) is 29.7. The summed E-state index contributed by atoms with van der Waals surface area (Å²) >= 11 is 6.20. The van der Waals surface area contributed by atoms with Crippen molar-refractivity contribution in [1.29, 1.82) is 0 Å². The number of nitrogens with zero attached hydrogens (tertiary/aromatic N) is 1. The molecule has 0 spiro atoms. The number of carbonyl (C=O) groups is 2. The summed E-state index contributed by atoms with van der Waals surface area (Å²) in [6.45, 7) is 3.87. The number of aromatic nitrogens is 1. The van der Waals surface area contributed by atoms with Crippen LogP contribution in [-0.2, 0) is 16.5 Å². The van der Waals surface area contributed by atoms with E-state index >= 15 is 0 Å². The lowest BCUT2D eigenvalue weighted by Crippen LogP contribution is -2.55. The highest BCUT2D eigenvalue weighted by Crippen LogP contribution is 2.48. The molecule has 0 bridgehead atoms. The Morgan fingerprint density at radius 1 is 0.952 bits per heavy atom. The average Bonchev–Trinajstić information content (AvgIpc) is 3.33. The normalized spacial score (nSPS) is 16.0. The van der Waals surface area contributed by atoms with Gasteiger partial charge in [0.1, 0.15) is 5.54 Å². The minimum atomic E-state index is -4.88. The lowest BCUT2D eigenvalue weighted by Gasteiger charge is -2.47. The topological polar surface area (TPSA) is 71.3 Å². The summed E-state index contributed by atoms with van der Waals surface area (Å²) in [6.07, 6.45) is -0.567. The first-order chi connectivity index (χ1) is 19.9. The Kier molecular flexibility index (Phi) is 8.12. The summed E-state index contributed by atoms with van der Waals surface area (Å²) in [5, 5.41) is 13.4. The summed E-state index contributed by atoms with van der Waals surface area (Å²) in [5.41, 5.74) is -1.06. The maximum Gasteiger partial charge on any atom is 0.418 e. The fourth-order valence-electron chi connectivity index (χ4n) is 6.63. The molecule has 1 unspecified atom stereocenters. The smallest absolute Gasteiger partial charge is 0.418 e. The standard InChI is InChI=1S/C33H32ClF3N2O3/c1-20(2)32(24-9-4-3-5-10-24,31(42)38-27-17-14-23(30(40)41)18-26(27)33(35,36)37)39-28-11-7-6-8-22(28)19-29(39)21-12-15-25(34)16-13-21/h6-8,11-20,24H,3-5,9-10H2,1-2H3,(H,38,42)(H,40,41). The monoisotopic (exact) mass is 596 g/mol. The molecule has 1 fully saturated rings. The number of benzene rings is 3. The molecule has 9 heteroatoms. The molecule has 3 aromatic carbocycles. The van der Waals surface area contributed by atoms with Crippen LogP contribution < -0.4 is 5.32 Å². The van der Waals surface area contributed by atoms with Gasteiger partial charge in [-0.25, -0.2) is 4.79 Å². The number of para-hydroxylation sites is 1. The number of carbonyl (C=O) groups excluding carboxylic acids is 1. The van der Waals surface area contributed by atoms with Gasteiger partial charge in [-0.1, -0.05) is 75.0 Å². The third-order valence-corrected chi connectivity index (χ3v) is 8.76. The van der Waals surface area contributed by atoms with Crippen LogP contribution in [0.25, 0.3) is 22.2 Å². The third kappa shape index (κ3) is 5.28. The number of hydrogen-bond acceptors (Lipinski definition) is 2. The molecule has 0 radical (unpaired) electrons. The summed E-state index contributed by atoms with van der Waals surface area (Å²) in [6, 6.07) is 19.7. The number of nitrogens with one attached hydrogen (secondary N) is 1. The number of halogens is 4. The zero-order valence-electron chi connectivity index (χ0n) is 23.3. The minimum absolute atomic E-state index is 0.166. The first-order valence-corrected chi connectivity index (χ1v) is 14.4. The largest absolute Gasteiger partial charge is 0.478 e. The lowest BCUT2D eigenvalue weighted by molar-refractivity contribution is -0.137. The van der Waals surface area contributed by atoms with Crippen LogP contribution in [0.4, 0.5) is 18.9 Å². The van der Waals surface area contributed by atoms with Crippen molar-refractivity contribution in [2.24, 2.45) is 11.8 Å². The number of rotatable bonds is 7. The fourth-order valence-corrected chi connectivity index (χ4v) is 6.76. The van der Waals surface area contributed by atoms with Gasteiger partial charge in [0.15, 0.2) is 0 Å². The molecule has 1 aromatic heterocycles. The second-order valence-electron chi connectivity index (χ2n) is 11.3. The highest BCUT2D eigenvalue weighted by Gasteiger charge is 2.52. The number of carboxylic acids is 1. The van der Waals surface area contributed by atoms with Crippen LogP contribution in [0.5, 0.6) is 0 Å². The van der Waals surface area contributed by atoms with Gasteiger partial charge in [0.25, 0.3) is 5.91 Å². The van der Waals surface area contributed by atoms with E-state index in [9.17, 15) is 27.9 Å². The van der Waals surface area contributed by atoms with Gasteiger partial charge in [-0.3, -0.25) is 4.79 Å². The van der Waals surface area contributed by atoms with E-state index < -0.39 is 40.4 Å². The molecule has 42 heavy (non-hydrogen) atoms. The quantitative estimate of drug-likeness (QED) is 0.223. The second-order valence-corrected chi connectivity index (χ2v) is 11.7. The zero-order valence-corrected chi connectivity index (χ0v) is 24.1. The molecule has 0 saturated heterocycles. The summed E-state index contributed by atoms with van der Waals surface area (Å²) in [4.78, 5) is 26.3. The molecule has 5 nitrogen and oxygen atoms in total. The van der Waals surface area contributed by atoms with E-state index in [4.69, 9.17) is 11.6 Å². The van der Waals surface area contributed by atoms with Crippen LogP contribution in [0.3, 0.4) is 0 Å². The number of fused-ring (bicyclic) bond motifs is 1. The molecule has 2 N–H and O–H groups in total. The Morgan fingerprint density at radius 2 is 1.62 bits per heavy atom. The zero-order chi connectivity index (χ0) is 30.2. The van der Waals surface area contributed by atoms with Crippen molar-refractivity contribution in [3.05, 3.63) is 88.9 Å². The lowest BCUT2D eigenvalue weighted by atomic mass is 9.67. The van der Waals surface area contributed by atoms with Crippen molar-refractivity contribution in [3.8, 4) is 11.3 Å². The molecule has 0 aliphatic heterocycles. The van der Waals surface area contributed by atoms with Gasteiger partial charge in [0.2, 0.25) is 0 Å². The van der Waals surface area contributed by atoms with Gasteiger partial charge in [-0.05, 0) is 72.7 Å². The molecular weight excluding hydrogens is 565 g/mol. The van der Waals surface area contributed by atoms with Gasteiger partial charge in [-0.2, -0.15) is 13.2 Å². The molecule has 1 aliphatic carbocycles. The maximum absolute atomic E-state index is 14.8.